The summed E-state index contributed by atoms with van der Waals surface area (Å²) in [7, 11) is 0. The monoisotopic (exact) mass is 293 g/mol. The Morgan fingerprint density at radius 2 is 2.10 bits per heavy atom. The maximum Gasteiger partial charge on any atom is 0.115 e. The molecular formula is C15H20ClN3O. The molecule has 0 spiro atoms. The summed E-state index contributed by atoms with van der Waals surface area (Å²) >= 11 is 0. The number of hydrogen-bond acceptors (Lipinski definition) is 3. The quantitative estimate of drug-likeness (QED) is 0.903. The lowest BCUT2D eigenvalue weighted by Gasteiger charge is -2.08. The second-order valence-corrected chi connectivity index (χ2v) is 5.17. The van der Waals surface area contributed by atoms with E-state index in [1.807, 2.05) is 18.3 Å². The molecule has 0 saturated heterocycles. The molecule has 1 fully saturated rings. The second-order valence-electron chi connectivity index (χ2n) is 5.17. The number of phenols is 1. The Morgan fingerprint density at radius 3 is 2.85 bits per heavy atom. The lowest BCUT2D eigenvalue weighted by Crippen LogP contribution is -2.04. The maximum absolute atomic E-state index is 9.41. The van der Waals surface area contributed by atoms with E-state index in [0.717, 1.165) is 11.3 Å². The minimum absolute atomic E-state index is 0. The van der Waals surface area contributed by atoms with Crippen LogP contribution in [0.1, 0.15) is 37.3 Å². The van der Waals surface area contributed by atoms with Crippen LogP contribution >= 0.6 is 12.4 Å². The third-order valence-electron chi connectivity index (χ3n) is 3.71. The van der Waals surface area contributed by atoms with Crippen LogP contribution in [0.2, 0.25) is 0 Å². The van der Waals surface area contributed by atoms with Gasteiger partial charge >= 0.3 is 0 Å². The highest BCUT2D eigenvalue weighted by molar-refractivity contribution is 5.85. The molecule has 5 heteroatoms. The van der Waals surface area contributed by atoms with Gasteiger partial charge in [0.2, 0.25) is 0 Å². The van der Waals surface area contributed by atoms with Crippen molar-refractivity contribution >= 4 is 18.1 Å². The standard InChI is InChI=1S/C15H19N3O.ClH/c19-15-7-3-4-12(8-15)9-16-13-10-17-18(11-13)14-5-1-2-6-14;/h3-4,7-8,10-11,14,16,19H,1-2,5-6,9H2;1H. The lowest BCUT2D eigenvalue weighted by atomic mass is 10.2. The zero-order valence-electron chi connectivity index (χ0n) is 11.3. The van der Waals surface area contributed by atoms with Crippen molar-refractivity contribution in [2.75, 3.05) is 5.32 Å². The van der Waals surface area contributed by atoms with Crippen LogP contribution in [0.3, 0.4) is 0 Å². The fraction of sp³-hybridized carbons (Fsp3) is 0.400. The molecule has 1 aliphatic rings. The van der Waals surface area contributed by atoms with Gasteiger partial charge in [-0.3, -0.25) is 4.68 Å². The first kappa shape index (κ1) is 14.7. The zero-order valence-corrected chi connectivity index (χ0v) is 12.1. The molecule has 2 aromatic rings. The second kappa shape index (κ2) is 6.66. The van der Waals surface area contributed by atoms with Crippen molar-refractivity contribution in [3.05, 3.63) is 42.2 Å². The van der Waals surface area contributed by atoms with Crippen molar-refractivity contribution in [2.45, 2.75) is 38.3 Å². The van der Waals surface area contributed by atoms with E-state index >= 15 is 0 Å². The Balaban J connectivity index is 0.00000147. The van der Waals surface area contributed by atoms with Crippen LogP contribution in [0.5, 0.6) is 5.75 Å². The van der Waals surface area contributed by atoms with E-state index < -0.39 is 0 Å². The van der Waals surface area contributed by atoms with E-state index in [0.29, 0.717) is 18.3 Å². The molecule has 0 atom stereocenters. The van der Waals surface area contributed by atoms with E-state index in [1.165, 1.54) is 25.7 Å². The number of aromatic hydroxyl groups is 1. The van der Waals surface area contributed by atoms with Crippen molar-refractivity contribution in [3.63, 3.8) is 0 Å². The number of benzene rings is 1. The van der Waals surface area contributed by atoms with E-state index in [9.17, 15) is 5.11 Å². The number of halogens is 1. The maximum atomic E-state index is 9.41. The summed E-state index contributed by atoms with van der Waals surface area (Å²) in [6.07, 6.45) is 9.08. The van der Waals surface area contributed by atoms with Crippen LogP contribution in [-0.2, 0) is 6.54 Å². The molecule has 0 radical (unpaired) electrons. The van der Waals surface area contributed by atoms with Gasteiger partial charge in [-0.05, 0) is 30.5 Å². The third-order valence-corrected chi connectivity index (χ3v) is 3.71. The van der Waals surface area contributed by atoms with E-state index in [-0.39, 0.29) is 12.4 Å². The minimum atomic E-state index is 0. The normalized spacial score (nSPS) is 15.0. The number of aromatic nitrogens is 2. The molecule has 4 nitrogen and oxygen atoms in total. The highest BCUT2D eigenvalue weighted by Crippen LogP contribution is 2.29. The summed E-state index contributed by atoms with van der Waals surface area (Å²) in [6, 6.07) is 7.88. The van der Waals surface area contributed by atoms with E-state index in [4.69, 9.17) is 0 Å². The molecule has 1 aliphatic carbocycles. The number of hydrogen-bond donors (Lipinski definition) is 2. The molecule has 1 aromatic heterocycles. The molecule has 0 amide bonds. The van der Waals surface area contributed by atoms with Crippen molar-refractivity contribution < 1.29 is 5.11 Å². The fourth-order valence-corrected chi connectivity index (χ4v) is 2.67. The molecule has 1 heterocycles. The summed E-state index contributed by atoms with van der Waals surface area (Å²) in [5, 5.41) is 17.2. The largest absolute Gasteiger partial charge is 0.508 e. The van der Waals surface area contributed by atoms with Gasteiger partial charge < -0.3 is 10.4 Å². The molecule has 2 N–H and O–H groups in total. The minimum Gasteiger partial charge on any atom is -0.508 e. The molecule has 3 rings (SSSR count). The van der Waals surface area contributed by atoms with Gasteiger partial charge in [0.25, 0.3) is 0 Å². The number of nitrogens with zero attached hydrogens (tertiary/aromatic N) is 2. The Morgan fingerprint density at radius 1 is 1.30 bits per heavy atom. The molecule has 20 heavy (non-hydrogen) atoms. The van der Waals surface area contributed by atoms with Gasteiger partial charge in [-0.1, -0.05) is 25.0 Å². The van der Waals surface area contributed by atoms with Crippen LogP contribution in [0.25, 0.3) is 0 Å². The highest BCUT2D eigenvalue weighted by Gasteiger charge is 2.17. The third kappa shape index (κ3) is 3.45. The topological polar surface area (TPSA) is 50.1 Å². The lowest BCUT2D eigenvalue weighted by molar-refractivity contribution is 0.467. The smallest absolute Gasteiger partial charge is 0.115 e. The van der Waals surface area contributed by atoms with E-state index in [1.54, 1.807) is 12.1 Å². The van der Waals surface area contributed by atoms with Crippen molar-refractivity contribution in [3.8, 4) is 5.75 Å². The van der Waals surface area contributed by atoms with Crippen LogP contribution in [0.15, 0.2) is 36.7 Å². The van der Waals surface area contributed by atoms with Crippen LogP contribution in [-0.4, -0.2) is 14.9 Å². The van der Waals surface area contributed by atoms with Crippen LogP contribution in [0.4, 0.5) is 5.69 Å². The molecule has 0 bridgehead atoms. The van der Waals surface area contributed by atoms with Crippen molar-refractivity contribution in [1.82, 2.24) is 9.78 Å². The Hall–Kier alpha value is -1.68. The first-order chi connectivity index (χ1) is 9.31. The Labute approximate surface area is 125 Å². The zero-order chi connectivity index (χ0) is 13.1. The summed E-state index contributed by atoms with van der Waals surface area (Å²) < 4.78 is 2.08. The number of nitrogens with one attached hydrogen (secondary N) is 1. The Bertz CT molecular complexity index is 550. The van der Waals surface area contributed by atoms with Gasteiger partial charge in [0, 0.05) is 12.7 Å². The van der Waals surface area contributed by atoms with Gasteiger partial charge in [0.15, 0.2) is 0 Å². The van der Waals surface area contributed by atoms with Gasteiger partial charge in [-0.25, -0.2) is 0 Å². The van der Waals surface area contributed by atoms with Crippen LogP contribution < -0.4 is 5.32 Å². The summed E-state index contributed by atoms with van der Waals surface area (Å²) in [5.74, 6) is 0.306. The van der Waals surface area contributed by atoms with E-state index in [2.05, 4.69) is 21.3 Å². The van der Waals surface area contributed by atoms with Gasteiger partial charge in [0.05, 0.1) is 17.9 Å². The predicted molar refractivity (Wildman–Crippen MR) is 82.4 cm³/mol. The summed E-state index contributed by atoms with van der Waals surface area (Å²) in [4.78, 5) is 0. The van der Waals surface area contributed by atoms with Crippen molar-refractivity contribution in [1.29, 1.82) is 0 Å². The SMILES string of the molecule is Cl.Oc1cccc(CNc2cnn(C3CCCC3)c2)c1. The average Bonchev–Trinajstić information content (AvgIpc) is 3.07. The molecule has 1 aromatic carbocycles. The van der Waals surface area contributed by atoms with Gasteiger partial charge in [-0.15, -0.1) is 12.4 Å². The van der Waals surface area contributed by atoms with Crippen LogP contribution in [0, 0.1) is 0 Å². The number of rotatable bonds is 4. The first-order valence-corrected chi connectivity index (χ1v) is 6.87. The van der Waals surface area contributed by atoms with Crippen molar-refractivity contribution in [2.24, 2.45) is 0 Å². The molecule has 0 unspecified atom stereocenters. The number of phenolic OH excluding ortho intramolecular Hbond substituents is 1. The first-order valence-electron chi connectivity index (χ1n) is 6.87. The predicted octanol–water partition coefficient (Wildman–Crippen LogP) is 3.74. The van der Waals surface area contributed by atoms with Gasteiger partial charge in [-0.2, -0.15) is 5.10 Å². The number of anilines is 1. The summed E-state index contributed by atoms with van der Waals surface area (Å²) in [6.45, 7) is 0.699. The average molecular weight is 294 g/mol. The molecular weight excluding hydrogens is 274 g/mol. The molecule has 0 aliphatic heterocycles. The molecule has 108 valence electrons. The van der Waals surface area contributed by atoms with Gasteiger partial charge in [0.1, 0.15) is 5.75 Å². The Kier molecular flexibility index (Phi) is 4.90. The summed E-state index contributed by atoms with van der Waals surface area (Å²) in [5.41, 5.74) is 2.10. The fourth-order valence-electron chi connectivity index (χ4n) is 2.67. The molecule has 1 saturated carbocycles. The highest BCUT2D eigenvalue weighted by atomic mass is 35.5.